The van der Waals surface area contributed by atoms with Crippen molar-refractivity contribution in [2.24, 2.45) is 0 Å². The molecule has 0 radical (unpaired) electrons. The van der Waals surface area contributed by atoms with Crippen LogP contribution in [0.5, 0.6) is 0 Å². The van der Waals surface area contributed by atoms with Gasteiger partial charge in [-0.25, -0.2) is 0 Å². The average Bonchev–Trinajstić information content (AvgIpc) is 3.26. The fourth-order valence-corrected chi connectivity index (χ4v) is 4.01. The van der Waals surface area contributed by atoms with Gasteiger partial charge in [0.05, 0.1) is 24.7 Å². The average molecular weight is 330 g/mol. The first-order valence-corrected chi connectivity index (χ1v) is 9.42. The van der Waals surface area contributed by atoms with E-state index in [2.05, 4.69) is 32.0 Å². The van der Waals surface area contributed by atoms with Gasteiger partial charge in [-0.2, -0.15) is 0 Å². The molecular formula is C21H30O3. The van der Waals surface area contributed by atoms with E-state index < -0.39 is 0 Å². The Morgan fingerprint density at radius 1 is 1.21 bits per heavy atom. The van der Waals surface area contributed by atoms with E-state index in [1.165, 1.54) is 24.0 Å². The fraction of sp³-hybridized carbons (Fsp3) is 0.667. The van der Waals surface area contributed by atoms with Gasteiger partial charge in [0.25, 0.3) is 0 Å². The van der Waals surface area contributed by atoms with E-state index in [0.29, 0.717) is 25.0 Å². The third kappa shape index (κ3) is 4.18. The molecule has 2 fully saturated rings. The van der Waals surface area contributed by atoms with Crippen molar-refractivity contribution in [3.63, 3.8) is 0 Å². The smallest absolute Gasteiger partial charge is 0.310 e. The lowest BCUT2D eigenvalue weighted by molar-refractivity contribution is -0.142. The SMILES string of the molecule is CCOC(=O)Cc1cccc(C)c1C1CCC(OC2(C)CC2)CC1. The Morgan fingerprint density at radius 2 is 1.92 bits per heavy atom. The number of esters is 1. The molecule has 0 aliphatic heterocycles. The molecule has 0 bridgehead atoms. The molecule has 0 unspecified atom stereocenters. The number of hydrogen-bond donors (Lipinski definition) is 0. The van der Waals surface area contributed by atoms with Crippen molar-refractivity contribution in [1.29, 1.82) is 0 Å². The van der Waals surface area contributed by atoms with Crippen LogP contribution in [0, 0.1) is 6.92 Å². The highest BCUT2D eigenvalue weighted by Gasteiger charge is 2.41. The van der Waals surface area contributed by atoms with E-state index in [-0.39, 0.29) is 11.6 Å². The Hall–Kier alpha value is -1.35. The van der Waals surface area contributed by atoms with Crippen LogP contribution in [0.4, 0.5) is 0 Å². The van der Waals surface area contributed by atoms with E-state index >= 15 is 0 Å². The zero-order valence-electron chi connectivity index (χ0n) is 15.3. The van der Waals surface area contributed by atoms with E-state index in [4.69, 9.17) is 9.47 Å². The number of hydrogen-bond acceptors (Lipinski definition) is 3. The number of aryl methyl sites for hydroxylation is 1. The maximum Gasteiger partial charge on any atom is 0.310 e. The van der Waals surface area contributed by atoms with Crippen molar-refractivity contribution >= 4 is 5.97 Å². The molecule has 0 spiro atoms. The summed E-state index contributed by atoms with van der Waals surface area (Å²) in [5.41, 5.74) is 4.00. The summed E-state index contributed by atoms with van der Waals surface area (Å²) < 4.78 is 11.4. The van der Waals surface area contributed by atoms with E-state index in [0.717, 1.165) is 31.2 Å². The van der Waals surface area contributed by atoms with Gasteiger partial charge in [0.1, 0.15) is 0 Å². The second-order valence-electron chi connectivity index (χ2n) is 7.67. The molecule has 0 amide bonds. The van der Waals surface area contributed by atoms with Crippen LogP contribution in [0.2, 0.25) is 0 Å². The third-order valence-corrected chi connectivity index (χ3v) is 5.54. The van der Waals surface area contributed by atoms with Gasteiger partial charge in [0, 0.05) is 0 Å². The normalized spacial score (nSPS) is 25.3. The molecule has 3 nitrogen and oxygen atoms in total. The number of ether oxygens (including phenoxy) is 2. The minimum Gasteiger partial charge on any atom is -0.466 e. The van der Waals surface area contributed by atoms with Gasteiger partial charge in [-0.1, -0.05) is 18.2 Å². The first-order chi connectivity index (χ1) is 11.5. The Labute approximate surface area is 145 Å². The summed E-state index contributed by atoms with van der Waals surface area (Å²) in [7, 11) is 0. The lowest BCUT2D eigenvalue weighted by Gasteiger charge is -2.32. The largest absolute Gasteiger partial charge is 0.466 e. The van der Waals surface area contributed by atoms with Crippen molar-refractivity contribution < 1.29 is 14.3 Å². The standard InChI is InChI=1S/C21H30O3/c1-4-23-19(22)14-17-7-5-6-15(2)20(17)16-8-10-18(11-9-16)24-21(3)12-13-21/h5-7,16,18H,4,8-14H2,1-3H3. The van der Waals surface area contributed by atoms with E-state index in [1.807, 2.05) is 6.92 Å². The van der Waals surface area contributed by atoms with Crippen molar-refractivity contribution in [2.45, 2.75) is 83.3 Å². The van der Waals surface area contributed by atoms with Crippen molar-refractivity contribution in [1.82, 2.24) is 0 Å². The molecule has 2 aliphatic rings. The first kappa shape index (κ1) is 17.5. The molecule has 0 atom stereocenters. The Bertz CT molecular complexity index is 581. The number of carbonyl (C=O) groups excluding carboxylic acids is 1. The molecule has 2 saturated carbocycles. The molecule has 0 aromatic heterocycles. The maximum absolute atomic E-state index is 11.9. The molecule has 24 heavy (non-hydrogen) atoms. The monoisotopic (exact) mass is 330 g/mol. The van der Waals surface area contributed by atoms with Gasteiger partial charge in [0.15, 0.2) is 0 Å². The zero-order chi connectivity index (χ0) is 17.2. The van der Waals surface area contributed by atoms with Gasteiger partial charge in [-0.3, -0.25) is 4.79 Å². The third-order valence-electron chi connectivity index (χ3n) is 5.54. The quantitative estimate of drug-likeness (QED) is 0.710. The van der Waals surface area contributed by atoms with Crippen molar-refractivity contribution in [3.8, 4) is 0 Å². The molecule has 1 aromatic rings. The Morgan fingerprint density at radius 3 is 2.54 bits per heavy atom. The maximum atomic E-state index is 11.9. The van der Waals surface area contributed by atoms with Crippen LogP contribution in [-0.4, -0.2) is 24.3 Å². The molecule has 132 valence electrons. The second kappa shape index (κ2) is 7.26. The second-order valence-corrected chi connectivity index (χ2v) is 7.67. The van der Waals surface area contributed by atoms with Crippen LogP contribution in [0.1, 0.15) is 75.0 Å². The molecular weight excluding hydrogens is 300 g/mol. The molecule has 0 saturated heterocycles. The lowest BCUT2D eigenvalue weighted by atomic mass is 9.78. The highest BCUT2D eigenvalue weighted by atomic mass is 16.5. The van der Waals surface area contributed by atoms with Crippen LogP contribution < -0.4 is 0 Å². The number of rotatable bonds is 6. The molecule has 3 heteroatoms. The molecule has 3 rings (SSSR count). The highest BCUT2D eigenvalue weighted by Crippen LogP contribution is 2.44. The summed E-state index contributed by atoms with van der Waals surface area (Å²) >= 11 is 0. The number of benzene rings is 1. The van der Waals surface area contributed by atoms with E-state index in [1.54, 1.807) is 0 Å². The molecule has 0 heterocycles. The summed E-state index contributed by atoms with van der Waals surface area (Å²) in [6.45, 7) is 6.70. The zero-order valence-corrected chi connectivity index (χ0v) is 15.3. The van der Waals surface area contributed by atoms with Crippen LogP contribution in [0.25, 0.3) is 0 Å². The predicted molar refractivity (Wildman–Crippen MR) is 95.2 cm³/mol. The van der Waals surface area contributed by atoms with Crippen LogP contribution in [-0.2, 0) is 20.7 Å². The minimum atomic E-state index is -0.122. The summed E-state index contributed by atoms with van der Waals surface area (Å²) in [4.78, 5) is 11.9. The topological polar surface area (TPSA) is 35.5 Å². The fourth-order valence-electron chi connectivity index (χ4n) is 4.01. The number of carbonyl (C=O) groups is 1. The molecule has 0 N–H and O–H groups in total. The van der Waals surface area contributed by atoms with Crippen LogP contribution in [0.15, 0.2) is 18.2 Å². The summed E-state index contributed by atoms with van der Waals surface area (Å²) in [5, 5.41) is 0. The van der Waals surface area contributed by atoms with Crippen LogP contribution >= 0.6 is 0 Å². The highest BCUT2D eigenvalue weighted by molar-refractivity contribution is 5.73. The first-order valence-electron chi connectivity index (χ1n) is 9.42. The van der Waals surface area contributed by atoms with Gasteiger partial charge in [-0.05, 0) is 81.9 Å². The summed E-state index contributed by atoms with van der Waals surface area (Å²) in [5.74, 6) is 0.422. The summed E-state index contributed by atoms with van der Waals surface area (Å²) in [6.07, 6.45) is 7.82. The van der Waals surface area contributed by atoms with E-state index in [9.17, 15) is 4.79 Å². The Balaban J connectivity index is 1.66. The summed E-state index contributed by atoms with van der Waals surface area (Å²) in [6, 6.07) is 6.31. The molecule has 2 aliphatic carbocycles. The Kier molecular flexibility index (Phi) is 5.29. The molecule has 1 aromatic carbocycles. The van der Waals surface area contributed by atoms with Crippen molar-refractivity contribution in [3.05, 3.63) is 34.9 Å². The van der Waals surface area contributed by atoms with Gasteiger partial charge in [0.2, 0.25) is 0 Å². The van der Waals surface area contributed by atoms with Crippen LogP contribution in [0.3, 0.4) is 0 Å². The van der Waals surface area contributed by atoms with Crippen molar-refractivity contribution in [2.75, 3.05) is 6.61 Å². The lowest BCUT2D eigenvalue weighted by Crippen LogP contribution is -2.26. The minimum absolute atomic E-state index is 0.122. The predicted octanol–water partition coefficient (Wildman–Crippen LogP) is 4.70. The van der Waals surface area contributed by atoms with Gasteiger partial charge in [-0.15, -0.1) is 0 Å². The van der Waals surface area contributed by atoms with Gasteiger partial charge < -0.3 is 9.47 Å². The van der Waals surface area contributed by atoms with Gasteiger partial charge >= 0.3 is 5.97 Å².